The number of nitrogens with one attached hydrogen (secondary N) is 1. The van der Waals surface area contributed by atoms with Gasteiger partial charge in [0.15, 0.2) is 0 Å². The van der Waals surface area contributed by atoms with Crippen LogP contribution in [0.25, 0.3) is 0 Å². The van der Waals surface area contributed by atoms with Crippen molar-refractivity contribution in [1.82, 2.24) is 5.32 Å². The second-order valence-electron chi connectivity index (χ2n) is 3.70. The number of hydrogen-bond acceptors (Lipinski definition) is 4. The molecule has 0 aliphatic carbocycles. The van der Waals surface area contributed by atoms with E-state index in [0.29, 0.717) is 25.1 Å². The minimum Gasteiger partial charge on any atom is -0.393 e. The molecule has 1 rings (SSSR count). The van der Waals surface area contributed by atoms with Gasteiger partial charge in [0.2, 0.25) is 0 Å². The molecule has 0 saturated carbocycles. The molecular formula is C11H16N2O3. The van der Waals surface area contributed by atoms with E-state index >= 15 is 0 Å². The fourth-order valence-corrected chi connectivity index (χ4v) is 1.37. The van der Waals surface area contributed by atoms with E-state index in [9.17, 15) is 10.1 Å². The third-order valence-electron chi connectivity index (χ3n) is 2.24. The maximum Gasteiger partial charge on any atom is 0.273 e. The van der Waals surface area contributed by atoms with Crippen LogP contribution >= 0.6 is 0 Å². The Labute approximate surface area is 94.3 Å². The Morgan fingerprint density at radius 2 is 2.19 bits per heavy atom. The van der Waals surface area contributed by atoms with Crippen LogP contribution in [-0.4, -0.2) is 22.7 Å². The molecule has 0 aliphatic heterocycles. The molecule has 1 aromatic rings. The lowest BCUT2D eigenvalue weighted by atomic mass is 10.2. The monoisotopic (exact) mass is 224 g/mol. The van der Waals surface area contributed by atoms with Gasteiger partial charge in [0, 0.05) is 18.2 Å². The van der Waals surface area contributed by atoms with Crippen molar-refractivity contribution in [2.75, 3.05) is 6.54 Å². The summed E-state index contributed by atoms with van der Waals surface area (Å²) in [5, 5.41) is 22.8. The molecule has 0 aliphatic rings. The third kappa shape index (κ3) is 3.96. The van der Waals surface area contributed by atoms with Gasteiger partial charge in [0.25, 0.3) is 5.69 Å². The Morgan fingerprint density at radius 3 is 2.81 bits per heavy atom. The van der Waals surface area contributed by atoms with Crippen LogP contribution in [0.15, 0.2) is 24.3 Å². The summed E-state index contributed by atoms with van der Waals surface area (Å²) in [5.41, 5.74) is 0.796. The number of benzene rings is 1. The first kappa shape index (κ1) is 12.6. The standard InChI is InChI=1S/C11H16N2O3/c1-9(14)6-7-12-8-10-4-2-3-5-11(10)13(15)16/h2-5,9,12,14H,6-8H2,1H3. The van der Waals surface area contributed by atoms with Crippen LogP contribution in [0.4, 0.5) is 5.69 Å². The Bertz CT molecular complexity index is 353. The molecule has 88 valence electrons. The number of rotatable bonds is 6. The van der Waals surface area contributed by atoms with Gasteiger partial charge in [-0.3, -0.25) is 10.1 Å². The van der Waals surface area contributed by atoms with Gasteiger partial charge in [-0.05, 0) is 19.9 Å². The first-order valence-corrected chi connectivity index (χ1v) is 5.22. The molecule has 2 N–H and O–H groups in total. The van der Waals surface area contributed by atoms with Crippen molar-refractivity contribution in [2.45, 2.75) is 26.0 Å². The van der Waals surface area contributed by atoms with Gasteiger partial charge in [-0.25, -0.2) is 0 Å². The molecule has 1 unspecified atom stereocenters. The highest BCUT2D eigenvalue weighted by Crippen LogP contribution is 2.16. The number of hydrogen-bond donors (Lipinski definition) is 2. The predicted molar refractivity (Wildman–Crippen MR) is 61.1 cm³/mol. The maximum atomic E-state index is 10.7. The Balaban J connectivity index is 2.50. The Kier molecular flexibility index (Phi) is 4.88. The van der Waals surface area contributed by atoms with Crippen LogP contribution < -0.4 is 5.32 Å². The summed E-state index contributed by atoms with van der Waals surface area (Å²) in [5.74, 6) is 0. The molecule has 5 nitrogen and oxygen atoms in total. The minimum atomic E-state index is -0.383. The van der Waals surface area contributed by atoms with Crippen molar-refractivity contribution >= 4 is 5.69 Å². The molecule has 0 fully saturated rings. The maximum absolute atomic E-state index is 10.7. The van der Waals surface area contributed by atoms with Gasteiger partial charge in [0.1, 0.15) is 0 Å². The van der Waals surface area contributed by atoms with Crippen LogP contribution in [0, 0.1) is 10.1 Å². The van der Waals surface area contributed by atoms with Crippen molar-refractivity contribution in [3.05, 3.63) is 39.9 Å². The topological polar surface area (TPSA) is 75.4 Å². The largest absolute Gasteiger partial charge is 0.393 e. The smallest absolute Gasteiger partial charge is 0.273 e. The minimum absolute atomic E-state index is 0.132. The summed E-state index contributed by atoms with van der Waals surface area (Å²) in [6.07, 6.45) is 0.291. The molecule has 0 aromatic heterocycles. The molecule has 1 aromatic carbocycles. The lowest BCUT2D eigenvalue weighted by Crippen LogP contribution is -2.19. The molecule has 0 amide bonds. The first-order chi connectivity index (χ1) is 7.61. The molecule has 0 radical (unpaired) electrons. The third-order valence-corrected chi connectivity index (χ3v) is 2.24. The van der Waals surface area contributed by atoms with Gasteiger partial charge in [-0.15, -0.1) is 0 Å². The van der Waals surface area contributed by atoms with E-state index in [1.54, 1.807) is 25.1 Å². The number of aliphatic hydroxyl groups is 1. The second-order valence-corrected chi connectivity index (χ2v) is 3.70. The van der Waals surface area contributed by atoms with Crippen LogP contribution in [0.1, 0.15) is 18.9 Å². The summed E-state index contributed by atoms with van der Waals surface area (Å²) < 4.78 is 0. The summed E-state index contributed by atoms with van der Waals surface area (Å²) in [6, 6.07) is 6.65. The highest BCUT2D eigenvalue weighted by atomic mass is 16.6. The molecule has 0 spiro atoms. The Morgan fingerprint density at radius 1 is 1.50 bits per heavy atom. The van der Waals surface area contributed by atoms with Gasteiger partial charge >= 0.3 is 0 Å². The van der Waals surface area contributed by atoms with Crippen LogP contribution in [-0.2, 0) is 6.54 Å². The fraction of sp³-hybridized carbons (Fsp3) is 0.455. The van der Waals surface area contributed by atoms with Crippen LogP contribution in [0.5, 0.6) is 0 Å². The molecule has 5 heteroatoms. The van der Waals surface area contributed by atoms with E-state index < -0.39 is 0 Å². The van der Waals surface area contributed by atoms with Gasteiger partial charge in [0.05, 0.1) is 11.0 Å². The zero-order valence-corrected chi connectivity index (χ0v) is 9.22. The molecule has 0 heterocycles. The van der Waals surface area contributed by atoms with Crippen molar-refractivity contribution in [2.24, 2.45) is 0 Å². The predicted octanol–water partition coefficient (Wildman–Crippen LogP) is 1.46. The SMILES string of the molecule is CC(O)CCNCc1ccccc1[N+](=O)[O-]. The van der Waals surface area contributed by atoms with Crippen molar-refractivity contribution < 1.29 is 10.0 Å². The van der Waals surface area contributed by atoms with Crippen molar-refractivity contribution in [3.63, 3.8) is 0 Å². The van der Waals surface area contributed by atoms with E-state index in [0.717, 1.165) is 0 Å². The Hall–Kier alpha value is -1.46. The normalized spacial score (nSPS) is 12.4. The van der Waals surface area contributed by atoms with Gasteiger partial charge in [-0.2, -0.15) is 0 Å². The van der Waals surface area contributed by atoms with Gasteiger partial charge in [-0.1, -0.05) is 18.2 Å². The molecular weight excluding hydrogens is 208 g/mol. The summed E-state index contributed by atoms with van der Waals surface area (Å²) >= 11 is 0. The number of nitro groups is 1. The first-order valence-electron chi connectivity index (χ1n) is 5.22. The van der Waals surface area contributed by atoms with Crippen molar-refractivity contribution in [3.8, 4) is 0 Å². The van der Waals surface area contributed by atoms with Crippen LogP contribution in [0.2, 0.25) is 0 Å². The van der Waals surface area contributed by atoms with E-state index in [4.69, 9.17) is 5.11 Å². The second kappa shape index (κ2) is 6.19. The molecule has 16 heavy (non-hydrogen) atoms. The van der Waals surface area contributed by atoms with Crippen LogP contribution in [0.3, 0.4) is 0 Å². The van der Waals surface area contributed by atoms with Crippen molar-refractivity contribution in [1.29, 1.82) is 0 Å². The zero-order chi connectivity index (χ0) is 12.0. The van der Waals surface area contributed by atoms with E-state index in [2.05, 4.69) is 5.32 Å². The van der Waals surface area contributed by atoms with E-state index in [-0.39, 0.29) is 16.7 Å². The average molecular weight is 224 g/mol. The van der Waals surface area contributed by atoms with Gasteiger partial charge < -0.3 is 10.4 Å². The van der Waals surface area contributed by atoms with E-state index in [1.807, 2.05) is 0 Å². The number of nitrogens with zero attached hydrogens (tertiary/aromatic N) is 1. The number of para-hydroxylation sites is 1. The fourth-order valence-electron chi connectivity index (χ4n) is 1.37. The summed E-state index contributed by atoms with van der Waals surface area (Å²) in [7, 11) is 0. The number of aliphatic hydroxyl groups excluding tert-OH is 1. The lowest BCUT2D eigenvalue weighted by molar-refractivity contribution is -0.385. The summed E-state index contributed by atoms with van der Waals surface area (Å²) in [6.45, 7) is 2.81. The highest BCUT2D eigenvalue weighted by molar-refractivity contribution is 5.39. The zero-order valence-electron chi connectivity index (χ0n) is 9.22. The highest BCUT2D eigenvalue weighted by Gasteiger charge is 2.11. The molecule has 0 saturated heterocycles. The molecule has 1 atom stereocenters. The lowest BCUT2D eigenvalue weighted by Gasteiger charge is -2.06. The molecule has 0 bridgehead atoms. The average Bonchev–Trinajstić information content (AvgIpc) is 2.24. The summed E-state index contributed by atoms with van der Waals surface area (Å²) in [4.78, 5) is 10.3. The number of nitro benzene ring substituents is 1. The van der Waals surface area contributed by atoms with E-state index in [1.165, 1.54) is 6.07 Å². The quantitative estimate of drug-likeness (QED) is 0.435.